The summed E-state index contributed by atoms with van der Waals surface area (Å²) in [6, 6.07) is 0. The first-order chi connectivity index (χ1) is 13.9. The molecule has 0 radical (unpaired) electrons. The zero-order chi connectivity index (χ0) is 23.5. The third-order valence-electron chi connectivity index (χ3n) is 6.51. The predicted octanol–water partition coefficient (Wildman–Crippen LogP) is -0.990. The molecule has 0 unspecified atom stereocenters. The van der Waals surface area contributed by atoms with Crippen LogP contribution in [0.1, 0.15) is 51.4 Å². The molecule has 6 nitrogen and oxygen atoms in total. The van der Waals surface area contributed by atoms with Gasteiger partial charge in [0.15, 0.2) is 0 Å². The molecule has 0 aromatic carbocycles. The predicted molar refractivity (Wildman–Crippen MR) is 143 cm³/mol. The minimum Gasteiger partial charge on any atom is -1.00 e. The van der Waals surface area contributed by atoms with Crippen molar-refractivity contribution in [2.75, 3.05) is 96.9 Å². The smallest absolute Gasteiger partial charge is 0.225 e. The van der Waals surface area contributed by atoms with Crippen LogP contribution in [0.3, 0.4) is 0 Å². The van der Waals surface area contributed by atoms with Gasteiger partial charge in [0.2, 0.25) is 15.4 Å². The van der Waals surface area contributed by atoms with Crippen LogP contribution >= 0.6 is 15.4 Å². The molecule has 0 heterocycles. The summed E-state index contributed by atoms with van der Waals surface area (Å²) in [5.41, 5.74) is 0. The van der Waals surface area contributed by atoms with Crippen LogP contribution in [0.15, 0.2) is 0 Å². The Morgan fingerprint density at radius 2 is 0.469 bits per heavy atom. The van der Waals surface area contributed by atoms with Gasteiger partial charge in [-0.1, -0.05) is 25.7 Å². The summed E-state index contributed by atoms with van der Waals surface area (Å²) < 4.78 is 14.8. The summed E-state index contributed by atoms with van der Waals surface area (Å²) in [4.78, 5) is 0. The summed E-state index contributed by atoms with van der Waals surface area (Å²) >= 11 is 0. The summed E-state index contributed by atoms with van der Waals surface area (Å²) in [7, 11) is 24.3. The third-order valence-corrected chi connectivity index (χ3v) is 16.0. The summed E-state index contributed by atoms with van der Waals surface area (Å²) in [5.74, 6) is 0. The Kier molecular flexibility index (Phi) is 23.2. The molecule has 0 amide bonds. The van der Waals surface area contributed by atoms with E-state index in [0.717, 1.165) is 0 Å². The minimum atomic E-state index is -1.33. The van der Waals surface area contributed by atoms with E-state index in [1.807, 2.05) is 0 Å². The summed E-state index contributed by atoms with van der Waals surface area (Å²) in [6.07, 6.45) is 13.6. The Balaban J connectivity index is -0.00000420. The van der Waals surface area contributed by atoms with Crippen molar-refractivity contribution in [2.45, 2.75) is 51.4 Å². The number of nitrogens with zero attached hydrogens (tertiary/aromatic N) is 6. The molecule has 0 aliphatic heterocycles. The standard InChI is InChI=1S/C22H56N6P2.2HI/c1-23(2)29(24(3)4,25(5)6)21-19-17-15-13-14-16-18-20-22-30(26(7)8,27(9)10)28(11)12;;/h13-22H2,1-12H3;2*1H/q+2;;/p-2. The number of hydrogen-bond acceptors (Lipinski definition) is 6. The van der Waals surface area contributed by atoms with E-state index in [0.29, 0.717) is 0 Å². The molecule has 0 spiro atoms. The van der Waals surface area contributed by atoms with E-state index in [1.165, 1.54) is 63.7 Å². The van der Waals surface area contributed by atoms with Crippen molar-refractivity contribution in [3.63, 3.8) is 0 Å². The van der Waals surface area contributed by atoms with Gasteiger partial charge in [-0.25, -0.2) is 0 Å². The van der Waals surface area contributed by atoms with Gasteiger partial charge in [-0.3, -0.25) is 0 Å². The lowest BCUT2D eigenvalue weighted by molar-refractivity contribution is -0.00100. The van der Waals surface area contributed by atoms with E-state index < -0.39 is 15.4 Å². The molecule has 0 fully saturated rings. The summed E-state index contributed by atoms with van der Waals surface area (Å²) in [5, 5.41) is 0. The van der Waals surface area contributed by atoms with E-state index >= 15 is 0 Å². The van der Waals surface area contributed by atoms with Crippen LogP contribution in [-0.4, -0.2) is 125 Å². The molecule has 0 aromatic heterocycles. The molecule has 0 aromatic rings. The van der Waals surface area contributed by atoms with Crippen LogP contribution in [0.5, 0.6) is 0 Å². The van der Waals surface area contributed by atoms with Crippen molar-refractivity contribution in [1.82, 2.24) is 28.0 Å². The van der Waals surface area contributed by atoms with Gasteiger partial charge in [0.25, 0.3) is 0 Å². The van der Waals surface area contributed by atoms with Crippen LogP contribution in [0.4, 0.5) is 0 Å². The first-order valence-corrected chi connectivity index (χ1v) is 15.4. The van der Waals surface area contributed by atoms with Gasteiger partial charge in [-0.15, -0.1) is 0 Å². The zero-order valence-corrected chi connectivity index (χ0v) is 29.5. The van der Waals surface area contributed by atoms with Crippen LogP contribution < -0.4 is 48.0 Å². The Labute approximate surface area is 238 Å². The molecule has 0 N–H and O–H groups in total. The van der Waals surface area contributed by atoms with Gasteiger partial charge in [0, 0.05) is 84.6 Å². The summed E-state index contributed by atoms with van der Waals surface area (Å²) in [6.45, 7) is 0. The number of rotatable bonds is 17. The van der Waals surface area contributed by atoms with Gasteiger partial charge < -0.3 is 48.0 Å². The van der Waals surface area contributed by atoms with Crippen LogP contribution in [0.25, 0.3) is 0 Å². The highest BCUT2D eigenvalue weighted by Crippen LogP contribution is 2.64. The molecule has 198 valence electrons. The first kappa shape index (κ1) is 38.6. The Morgan fingerprint density at radius 3 is 0.625 bits per heavy atom. The molecule has 10 heteroatoms. The van der Waals surface area contributed by atoms with Gasteiger partial charge in [-0.05, 0) is 25.7 Å². The highest BCUT2D eigenvalue weighted by Gasteiger charge is 2.47. The minimum absolute atomic E-state index is 0. The maximum Gasteiger partial charge on any atom is 0.225 e. The molecule has 0 bridgehead atoms. The number of unbranched alkanes of at least 4 members (excludes halogenated alkanes) is 7. The van der Waals surface area contributed by atoms with Gasteiger partial charge in [-0.2, -0.15) is 28.0 Å². The lowest BCUT2D eigenvalue weighted by atomic mass is 10.1. The van der Waals surface area contributed by atoms with E-state index in [2.05, 4.69) is 113 Å². The highest BCUT2D eigenvalue weighted by molar-refractivity contribution is 7.69. The lowest BCUT2D eigenvalue weighted by Gasteiger charge is -2.40. The number of halogens is 2. The molecule has 0 saturated carbocycles. The molecule has 0 aliphatic rings. The largest absolute Gasteiger partial charge is 1.00 e. The second-order valence-corrected chi connectivity index (χ2v) is 18.2. The van der Waals surface area contributed by atoms with Crippen molar-refractivity contribution in [3.05, 3.63) is 0 Å². The Morgan fingerprint density at radius 1 is 0.312 bits per heavy atom. The van der Waals surface area contributed by atoms with Crippen molar-refractivity contribution >= 4 is 15.4 Å². The lowest BCUT2D eigenvalue weighted by Crippen LogP contribution is -3.00. The van der Waals surface area contributed by atoms with Gasteiger partial charge in [0.1, 0.15) is 12.3 Å². The molecular weight excluding hydrogens is 664 g/mol. The fourth-order valence-electron chi connectivity index (χ4n) is 5.06. The Bertz CT molecular complexity index is 369. The van der Waals surface area contributed by atoms with Gasteiger partial charge >= 0.3 is 0 Å². The van der Waals surface area contributed by atoms with Crippen molar-refractivity contribution in [2.24, 2.45) is 0 Å². The molecule has 0 atom stereocenters. The van der Waals surface area contributed by atoms with E-state index in [1.54, 1.807) is 0 Å². The van der Waals surface area contributed by atoms with Crippen LogP contribution in [-0.2, 0) is 0 Å². The topological polar surface area (TPSA) is 19.4 Å². The molecule has 0 aliphatic carbocycles. The van der Waals surface area contributed by atoms with E-state index in [9.17, 15) is 0 Å². The fourth-order valence-corrected chi connectivity index (χ4v) is 13.0. The molecule has 0 saturated heterocycles. The van der Waals surface area contributed by atoms with Crippen molar-refractivity contribution < 1.29 is 48.0 Å². The zero-order valence-electron chi connectivity index (χ0n) is 23.4. The average molecular weight is 720 g/mol. The van der Waals surface area contributed by atoms with Gasteiger partial charge in [0.05, 0.1) is 0 Å². The third kappa shape index (κ3) is 11.0. The maximum absolute atomic E-state index is 2.46. The van der Waals surface area contributed by atoms with Crippen molar-refractivity contribution in [3.8, 4) is 0 Å². The van der Waals surface area contributed by atoms with E-state index in [-0.39, 0.29) is 48.0 Å². The normalized spacial score (nSPS) is 12.9. The average Bonchev–Trinajstić information content (AvgIpc) is 2.60. The molecule has 0 rings (SSSR count). The maximum atomic E-state index is 2.46. The van der Waals surface area contributed by atoms with Crippen molar-refractivity contribution in [1.29, 1.82) is 0 Å². The highest BCUT2D eigenvalue weighted by atomic mass is 127. The van der Waals surface area contributed by atoms with Crippen LogP contribution in [0.2, 0.25) is 0 Å². The molecule has 32 heavy (non-hydrogen) atoms. The molecular formula is C22H56I2N6P2. The SMILES string of the molecule is CN(C)[P+](CCCCCCCCCC[P+](N(C)C)(N(C)C)N(C)C)(N(C)C)N(C)C.[I-].[I-]. The number of hydrogen-bond donors (Lipinski definition) is 0. The quantitative estimate of drug-likeness (QED) is 0.109. The van der Waals surface area contributed by atoms with E-state index in [4.69, 9.17) is 0 Å². The first-order valence-electron chi connectivity index (χ1n) is 11.7. The Hall–Kier alpha value is 2.08. The fraction of sp³-hybridized carbons (Fsp3) is 1.00. The second kappa shape index (κ2) is 19.2. The monoisotopic (exact) mass is 720 g/mol. The van der Waals surface area contributed by atoms with Crippen LogP contribution in [0, 0.1) is 0 Å². The second-order valence-electron chi connectivity index (χ2n) is 9.74.